The van der Waals surface area contributed by atoms with Crippen molar-refractivity contribution in [2.24, 2.45) is 5.92 Å². The van der Waals surface area contributed by atoms with Gasteiger partial charge in [-0.1, -0.05) is 18.2 Å². The van der Waals surface area contributed by atoms with E-state index >= 15 is 0 Å². The van der Waals surface area contributed by atoms with Gasteiger partial charge in [0.2, 0.25) is 17.7 Å². The zero-order chi connectivity index (χ0) is 17.8. The quantitative estimate of drug-likeness (QED) is 0.808. The van der Waals surface area contributed by atoms with Gasteiger partial charge in [0.25, 0.3) is 0 Å². The smallest absolute Gasteiger partial charge is 0.247 e. The van der Waals surface area contributed by atoms with Crippen molar-refractivity contribution in [1.29, 1.82) is 0 Å². The standard InChI is InChI=1S/C19H26N4O2/c1-14(2)23-12-15(9-10-18(23)24)11-22(3)13-17-20-21-19(25-17)16-7-5-4-6-8-16/h4-8,14-15H,9-13H2,1-3H3. The predicted molar refractivity (Wildman–Crippen MR) is 95.6 cm³/mol. The van der Waals surface area contributed by atoms with Crippen LogP contribution in [0.15, 0.2) is 34.7 Å². The van der Waals surface area contributed by atoms with Crippen molar-refractivity contribution in [1.82, 2.24) is 20.0 Å². The Kier molecular flexibility index (Phi) is 5.48. The van der Waals surface area contributed by atoms with Gasteiger partial charge < -0.3 is 9.32 Å². The van der Waals surface area contributed by atoms with Crippen LogP contribution in [-0.2, 0) is 11.3 Å². The van der Waals surface area contributed by atoms with E-state index in [1.165, 1.54) is 0 Å². The molecule has 0 spiro atoms. The molecule has 0 bridgehead atoms. The highest BCUT2D eigenvalue weighted by atomic mass is 16.4. The molecule has 1 aromatic heterocycles. The molecule has 2 heterocycles. The van der Waals surface area contributed by atoms with Crippen LogP contribution in [0.1, 0.15) is 32.6 Å². The Bertz CT molecular complexity index is 698. The van der Waals surface area contributed by atoms with Gasteiger partial charge in [-0.15, -0.1) is 10.2 Å². The number of likely N-dealkylation sites (tertiary alicyclic amines) is 1. The number of piperidine rings is 1. The third-order valence-corrected chi connectivity index (χ3v) is 4.63. The molecule has 6 nitrogen and oxygen atoms in total. The summed E-state index contributed by atoms with van der Waals surface area (Å²) in [6.07, 6.45) is 1.60. The Balaban J connectivity index is 1.55. The normalized spacial score (nSPS) is 18.4. The van der Waals surface area contributed by atoms with Crippen molar-refractivity contribution < 1.29 is 9.21 Å². The topological polar surface area (TPSA) is 62.5 Å². The number of benzene rings is 1. The van der Waals surface area contributed by atoms with E-state index in [1.807, 2.05) is 35.2 Å². The number of aromatic nitrogens is 2. The Morgan fingerprint density at radius 1 is 1.28 bits per heavy atom. The lowest BCUT2D eigenvalue weighted by Gasteiger charge is -2.36. The molecule has 2 aromatic rings. The lowest BCUT2D eigenvalue weighted by atomic mass is 9.96. The van der Waals surface area contributed by atoms with Crippen LogP contribution in [-0.4, -0.2) is 52.1 Å². The largest absolute Gasteiger partial charge is 0.419 e. The van der Waals surface area contributed by atoms with Gasteiger partial charge in [0.1, 0.15) is 0 Å². The van der Waals surface area contributed by atoms with Crippen molar-refractivity contribution >= 4 is 5.91 Å². The summed E-state index contributed by atoms with van der Waals surface area (Å²) in [5.41, 5.74) is 0.933. The summed E-state index contributed by atoms with van der Waals surface area (Å²) >= 11 is 0. The van der Waals surface area contributed by atoms with Crippen molar-refractivity contribution in [3.05, 3.63) is 36.2 Å². The van der Waals surface area contributed by atoms with Crippen LogP contribution in [0.2, 0.25) is 0 Å². The number of amides is 1. The number of carbonyl (C=O) groups is 1. The Labute approximate surface area is 148 Å². The van der Waals surface area contributed by atoms with E-state index in [2.05, 4.69) is 36.0 Å². The molecule has 1 aromatic carbocycles. The maximum Gasteiger partial charge on any atom is 0.247 e. The number of carbonyl (C=O) groups excluding carboxylic acids is 1. The zero-order valence-corrected chi connectivity index (χ0v) is 15.2. The molecular weight excluding hydrogens is 316 g/mol. The first-order chi connectivity index (χ1) is 12.0. The van der Waals surface area contributed by atoms with E-state index in [1.54, 1.807) is 0 Å². The summed E-state index contributed by atoms with van der Waals surface area (Å²) in [5.74, 6) is 1.94. The monoisotopic (exact) mass is 342 g/mol. The van der Waals surface area contributed by atoms with Crippen LogP contribution in [0.5, 0.6) is 0 Å². The van der Waals surface area contributed by atoms with Crippen LogP contribution >= 0.6 is 0 Å². The lowest BCUT2D eigenvalue weighted by molar-refractivity contribution is -0.136. The summed E-state index contributed by atoms with van der Waals surface area (Å²) in [6.45, 7) is 6.52. The van der Waals surface area contributed by atoms with Gasteiger partial charge >= 0.3 is 0 Å². The second kappa shape index (κ2) is 7.78. The summed E-state index contributed by atoms with van der Waals surface area (Å²) in [5, 5.41) is 8.29. The fraction of sp³-hybridized carbons (Fsp3) is 0.526. The highest BCUT2D eigenvalue weighted by Crippen LogP contribution is 2.21. The second-order valence-corrected chi connectivity index (χ2v) is 7.11. The molecular formula is C19H26N4O2. The molecule has 0 aliphatic carbocycles. The Morgan fingerprint density at radius 3 is 2.76 bits per heavy atom. The molecule has 6 heteroatoms. The van der Waals surface area contributed by atoms with Crippen molar-refractivity contribution in [3.8, 4) is 11.5 Å². The molecule has 3 rings (SSSR count). The first kappa shape index (κ1) is 17.6. The van der Waals surface area contributed by atoms with Crippen LogP contribution in [0.4, 0.5) is 0 Å². The first-order valence-corrected chi connectivity index (χ1v) is 8.88. The Hall–Kier alpha value is -2.21. The lowest BCUT2D eigenvalue weighted by Crippen LogP contribution is -2.46. The van der Waals surface area contributed by atoms with Crippen LogP contribution in [0.25, 0.3) is 11.5 Å². The molecule has 1 fully saturated rings. The van der Waals surface area contributed by atoms with E-state index in [0.717, 1.165) is 25.1 Å². The van der Waals surface area contributed by atoms with Crippen molar-refractivity contribution in [3.63, 3.8) is 0 Å². The third-order valence-electron chi connectivity index (χ3n) is 4.63. The van der Waals surface area contributed by atoms with E-state index in [-0.39, 0.29) is 11.9 Å². The first-order valence-electron chi connectivity index (χ1n) is 8.88. The zero-order valence-electron chi connectivity index (χ0n) is 15.2. The van der Waals surface area contributed by atoms with E-state index < -0.39 is 0 Å². The van der Waals surface area contributed by atoms with Crippen LogP contribution < -0.4 is 0 Å². The molecule has 0 saturated carbocycles. The SMILES string of the molecule is CC(C)N1CC(CN(C)Cc2nnc(-c3ccccc3)o2)CCC1=O. The maximum absolute atomic E-state index is 12.0. The summed E-state index contributed by atoms with van der Waals surface area (Å²) in [6, 6.07) is 10.1. The van der Waals surface area contributed by atoms with Gasteiger partial charge in [0.15, 0.2) is 0 Å². The average molecular weight is 342 g/mol. The average Bonchev–Trinajstić information content (AvgIpc) is 3.05. The van der Waals surface area contributed by atoms with Gasteiger partial charge in [-0.2, -0.15) is 0 Å². The molecule has 1 amide bonds. The molecule has 0 radical (unpaired) electrons. The third kappa shape index (κ3) is 4.45. The molecule has 1 aliphatic heterocycles. The van der Waals surface area contributed by atoms with E-state index in [9.17, 15) is 4.79 Å². The summed E-state index contributed by atoms with van der Waals surface area (Å²) in [4.78, 5) is 16.2. The predicted octanol–water partition coefficient (Wildman–Crippen LogP) is 2.82. The van der Waals surface area contributed by atoms with Gasteiger partial charge in [-0.25, -0.2) is 0 Å². The second-order valence-electron chi connectivity index (χ2n) is 7.11. The maximum atomic E-state index is 12.0. The summed E-state index contributed by atoms with van der Waals surface area (Å²) in [7, 11) is 2.06. The minimum absolute atomic E-state index is 0.268. The fourth-order valence-electron chi connectivity index (χ4n) is 3.34. The molecule has 1 saturated heterocycles. The fourth-order valence-corrected chi connectivity index (χ4v) is 3.34. The van der Waals surface area contributed by atoms with Crippen LogP contribution in [0.3, 0.4) is 0 Å². The number of nitrogens with zero attached hydrogens (tertiary/aromatic N) is 4. The highest BCUT2D eigenvalue weighted by Gasteiger charge is 2.28. The number of hydrogen-bond acceptors (Lipinski definition) is 5. The van der Waals surface area contributed by atoms with Crippen LogP contribution in [0, 0.1) is 5.92 Å². The minimum Gasteiger partial charge on any atom is -0.419 e. The molecule has 134 valence electrons. The van der Waals surface area contributed by atoms with Crippen molar-refractivity contribution in [2.75, 3.05) is 20.1 Å². The van der Waals surface area contributed by atoms with Gasteiger partial charge in [0.05, 0.1) is 6.54 Å². The van der Waals surface area contributed by atoms with E-state index in [4.69, 9.17) is 4.42 Å². The molecule has 1 unspecified atom stereocenters. The minimum atomic E-state index is 0.268. The highest BCUT2D eigenvalue weighted by molar-refractivity contribution is 5.77. The Morgan fingerprint density at radius 2 is 2.04 bits per heavy atom. The molecule has 25 heavy (non-hydrogen) atoms. The van der Waals surface area contributed by atoms with Gasteiger partial charge in [-0.05, 0) is 45.4 Å². The molecule has 1 atom stereocenters. The van der Waals surface area contributed by atoms with E-state index in [0.29, 0.717) is 30.7 Å². The number of hydrogen-bond donors (Lipinski definition) is 0. The van der Waals surface area contributed by atoms with Gasteiger partial charge in [0, 0.05) is 31.1 Å². The molecule has 0 N–H and O–H groups in total. The van der Waals surface area contributed by atoms with Gasteiger partial charge in [-0.3, -0.25) is 9.69 Å². The number of rotatable bonds is 6. The molecule has 1 aliphatic rings. The summed E-state index contributed by atoms with van der Waals surface area (Å²) < 4.78 is 5.78. The van der Waals surface area contributed by atoms with Crippen molar-refractivity contribution in [2.45, 2.75) is 39.3 Å².